The van der Waals surface area contributed by atoms with E-state index in [2.05, 4.69) is 5.32 Å². The number of sulfonamides is 1. The molecular formula is C17H23N3O4S. The number of hydrogen-bond acceptors (Lipinski definition) is 4. The highest BCUT2D eigenvalue weighted by molar-refractivity contribution is 7.89. The second-order valence-corrected chi connectivity index (χ2v) is 8.01. The summed E-state index contributed by atoms with van der Waals surface area (Å²) in [4.78, 5) is 14.2. The Kier molecular flexibility index (Phi) is 5.72. The number of hydrogen-bond donors (Lipinski definition) is 1. The van der Waals surface area contributed by atoms with E-state index in [0.717, 1.165) is 12.8 Å². The molecule has 25 heavy (non-hydrogen) atoms. The van der Waals surface area contributed by atoms with E-state index in [1.807, 2.05) is 0 Å². The Labute approximate surface area is 148 Å². The number of ether oxygens (including phenoxy) is 1. The zero-order valence-electron chi connectivity index (χ0n) is 14.1. The van der Waals surface area contributed by atoms with Crippen LogP contribution in [0.25, 0.3) is 0 Å². The fourth-order valence-electron chi connectivity index (χ4n) is 2.91. The van der Waals surface area contributed by atoms with Crippen molar-refractivity contribution in [3.63, 3.8) is 0 Å². The first kappa shape index (κ1) is 17.9. The van der Waals surface area contributed by atoms with Gasteiger partial charge in [-0.25, -0.2) is 13.2 Å². The molecule has 0 atom stereocenters. The molecule has 0 aliphatic carbocycles. The lowest BCUT2D eigenvalue weighted by molar-refractivity contribution is 0.118. The predicted octanol–water partition coefficient (Wildman–Crippen LogP) is 1.40. The third-order valence-corrected chi connectivity index (χ3v) is 6.35. The fourth-order valence-corrected chi connectivity index (χ4v) is 4.35. The van der Waals surface area contributed by atoms with Crippen LogP contribution in [0.15, 0.2) is 47.0 Å². The Hall–Kier alpha value is -1.90. The molecule has 2 saturated heterocycles. The maximum atomic E-state index is 12.6. The Morgan fingerprint density at radius 2 is 1.68 bits per heavy atom. The monoisotopic (exact) mass is 365 g/mol. The van der Waals surface area contributed by atoms with Crippen molar-refractivity contribution in [2.24, 2.45) is 0 Å². The highest BCUT2D eigenvalue weighted by Crippen LogP contribution is 2.17. The first-order valence-electron chi connectivity index (χ1n) is 8.44. The van der Waals surface area contributed by atoms with Crippen LogP contribution in [0.3, 0.4) is 0 Å². The second-order valence-electron chi connectivity index (χ2n) is 6.07. The van der Waals surface area contributed by atoms with E-state index in [0.29, 0.717) is 39.4 Å². The van der Waals surface area contributed by atoms with Crippen molar-refractivity contribution in [1.29, 1.82) is 0 Å². The molecular weight excluding hydrogens is 342 g/mol. The number of urea groups is 1. The van der Waals surface area contributed by atoms with Crippen molar-refractivity contribution in [1.82, 2.24) is 14.5 Å². The Morgan fingerprint density at radius 1 is 1.04 bits per heavy atom. The van der Waals surface area contributed by atoms with Gasteiger partial charge in [-0.1, -0.05) is 18.2 Å². The van der Waals surface area contributed by atoms with Crippen LogP contribution in [0, 0.1) is 0 Å². The fraction of sp³-hybridized carbons (Fsp3) is 0.471. The van der Waals surface area contributed by atoms with Crippen LogP contribution in [-0.4, -0.2) is 63.0 Å². The van der Waals surface area contributed by atoms with Gasteiger partial charge in [0.15, 0.2) is 0 Å². The summed E-state index contributed by atoms with van der Waals surface area (Å²) in [5, 5.41) is 2.81. The molecule has 0 aromatic heterocycles. The molecule has 7 nitrogen and oxygen atoms in total. The van der Waals surface area contributed by atoms with E-state index in [1.165, 1.54) is 9.88 Å². The molecule has 0 unspecified atom stereocenters. The molecule has 1 N–H and O–H groups in total. The third kappa shape index (κ3) is 4.39. The lowest BCUT2D eigenvalue weighted by Crippen LogP contribution is -2.52. The standard InChI is InChI=1S/C17H23N3O4S/c21-17(18-14-15-6-12-24-13-7-15)19-8-10-20(11-9-19)25(22,23)16-4-2-1-3-5-16/h1-5,14H,6-13H2,(H,18,21). The summed E-state index contributed by atoms with van der Waals surface area (Å²) >= 11 is 0. The Bertz CT molecular complexity index is 718. The number of carbonyl (C=O) groups excluding carboxylic acids is 1. The molecule has 0 radical (unpaired) electrons. The van der Waals surface area contributed by atoms with Gasteiger partial charge in [-0.05, 0) is 30.5 Å². The second kappa shape index (κ2) is 7.99. The first-order chi connectivity index (χ1) is 12.1. The molecule has 2 heterocycles. The molecule has 1 aromatic rings. The number of carbonyl (C=O) groups is 1. The summed E-state index contributed by atoms with van der Waals surface area (Å²) in [7, 11) is -3.49. The lowest BCUT2D eigenvalue weighted by atomic mass is 10.1. The van der Waals surface area contributed by atoms with E-state index in [4.69, 9.17) is 4.74 Å². The summed E-state index contributed by atoms with van der Waals surface area (Å²) in [6, 6.07) is 8.20. The molecule has 2 fully saturated rings. The molecule has 136 valence electrons. The van der Waals surface area contributed by atoms with Crippen molar-refractivity contribution in [3.8, 4) is 0 Å². The van der Waals surface area contributed by atoms with E-state index in [-0.39, 0.29) is 10.9 Å². The SMILES string of the molecule is O=C(NC=C1CCOCC1)N1CCN(S(=O)(=O)c2ccccc2)CC1. The minimum atomic E-state index is -3.49. The number of piperazine rings is 1. The summed E-state index contributed by atoms with van der Waals surface area (Å²) in [6.45, 7) is 2.74. The number of amides is 2. The molecule has 1 aromatic carbocycles. The van der Waals surface area contributed by atoms with Gasteiger partial charge in [0.05, 0.1) is 18.1 Å². The minimum absolute atomic E-state index is 0.184. The minimum Gasteiger partial charge on any atom is -0.381 e. The number of rotatable bonds is 3. The molecule has 0 spiro atoms. The van der Waals surface area contributed by atoms with Gasteiger partial charge in [0.25, 0.3) is 0 Å². The Balaban J connectivity index is 1.54. The van der Waals surface area contributed by atoms with Gasteiger partial charge in [-0.3, -0.25) is 0 Å². The quantitative estimate of drug-likeness (QED) is 0.878. The first-order valence-corrected chi connectivity index (χ1v) is 9.88. The molecule has 2 aliphatic rings. The van der Waals surface area contributed by atoms with Gasteiger partial charge in [0, 0.05) is 32.4 Å². The summed E-state index contributed by atoms with van der Waals surface area (Å²) < 4.78 is 31.9. The highest BCUT2D eigenvalue weighted by Gasteiger charge is 2.29. The summed E-state index contributed by atoms with van der Waals surface area (Å²) in [6.07, 6.45) is 3.44. The van der Waals surface area contributed by atoms with Crippen LogP contribution in [0.2, 0.25) is 0 Å². The van der Waals surface area contributed by atoms with Gasteiger partial charge in [-0.15, -0.1) is 0 Å². The van der Waals surface area contributed by atoms with E-state index in [1.54, 1.807) is 41.4 Å². The topological polar surface area (TPSA) is 79.0 Å². The largest absolute Gasteiger partial charge is 0.381 e. The summed E-state index contributed by atoms with van der Waals surface area (Å²) in [5.41, 5.74) is 1.17. The van der Waals surface area contributed by atoms with Crippen LogP contribution in [0.5, 0.6) is 0 Å². The number of nitrogens with one attached hydrogen (secondary N) is 1. The highest BCUT2D eigenvalue weighted by atomic mass is 32.2. The van der Waals surface area contributed by atoms with Crippen LogP contribution < -0.4 is 5.32 Å². The van der Waals surface area contributed by atoms with Crippen LogP contribution in [0.4, 0.5) is 4.79 Å². The van der Waals surface area contributed by atoms with Crippen molar-refractivity contribution in [2.45, 2.75) is 17.7 Å². The smallest absolute Gasteiger partial charge is 0.321 e. The van der Waals surface area contributed by atoms with Gasteiger partial charge >= 0.3 is 6.03 Å². The molecule has 0 saturated carbocycles. The van der Waals surface area contributed by atoms with Crippen molar-refractivity contribution < 1.29 is 17.9 Å². The zero-order valence-corrected chi connectivity index (χ0v) is 14.9. The van der Waals surface area contributed by atoms with Gasteiger partial charge in [0.2, 0.25) is 10.0 Å². The summed E-state index contributed by atoms with van der Waals surface area (Å²) in [5.74, 6) is 0. The van der Waals surface area contributed by atoms with E-state index in [9.17, 15) is 13.2 Å². The predicted molar refractivity (Wildman–Crippen MR) is 93.4 cm³/mol. The average Bonchev–Trinajstić information content (AvgIpc) is 2.68. The van der Waals surface area contributed by atoms with Crippen LogP contribution in [-0.2, 0) is 14.8 Å². The maximum absolute atomic E-state index is 12.6. The average molecular weight is 365 g/mol. The number of nitrogens with zero attached hydrogens (tertiary/aromatic N) is 2. The Morgan fingerprint density at radius 3 is 2.32 bits per heavy atom. The van der Waals surface area contributed by atoms with Gasteiger partial charge < -0.3 is 15.0 Å². The van der Waals surface area contributed by atoms with Gasteiger partial charge in [0.1, 0.15) is 0 Å². The van der Waals surface area contributed by atoms with Crippen LogP contribution >= 0.6 is 0 Å². The molecule has 0 bridgehead atoms. The lowest BCUT2D eigenvalue weighted by Gasteiger charge is -2.33. The van der Waals surface area contributed by atoms with Crippen LogP contribution in [0.1, 0.15) is 12.8 Å². The van der Waals surface area contributed by atoms with E-state index < -0.39 is 10.0 Å². The van der Waals surface area contributed by atoms with Crippen molar-refractivity contribution >= 4 is 16.1 Å². The van der Waals surface area contributed by atoms with Crippen molar-refractivity contribution in [2.75, 3.05) is 39.4 Å². The zero-order chi connectivity index (χ0) is 17.7. The molecule has 3 rings (SSSR count). The van der Waals surface area contributed by atoms with Crippen molar-refractivity contribution in [3.05, 3.63) is 42.1 Å². The normalized spacial score (nSPS) is 19.5. The molecule has 2 aliphatic heterocycles. The maximum Gasteiger partial charge on any atom is 0.321 e. The van der Waals surface area contributed by atoms with E-state index >= 15 is 0 Å². The van der Waals surface area contributed by atoms with Gasteiger partial charge in [-0.2, -0.15) is 4.31 Å². The third-order valence-electron chi connectivity index (χ3n) is 4.44. The molecule has 8 heteroatoms. The molecule has 2 amide bonds. The number of benzene rings is 1.